The zero-order chi connectivity index (χ0) is 21.4. The van der Waals surface area contributed by atoms with E-state index >= 15 is 0 Å². The van der Waals surface area contributed by atoms with Crippen LogP contribution in [0.25, 0.3) is 16.6 Å². The lowest BCUT2D eigenvalue weighted by atomic mass is 10.0. The molecule has 3 aromatic heterocycles. The molecular weight excluding hydrogens is 394 g/mol. The molecule has 1 amide bonds. The van der Waals surface area contributed by atoms with E-state index in [1.807, 2.05) is 41.6 Å². The van der Waals surface area contributed by atoms with Crippen LogP contribution in [0.15, 0.2) is 36.7 Å². The van der Waals surface area contributed by atoms with E-state index < -0.39 is 0 Å². The van der Waals surface area contributed by atoms with Crippen molar-refractivity contribution in [2.24, 2.45) is 5.92 Å². The summed E-state index contributed by atoms with van der Waals surface area (Å²) in [5, 5.41) is 16.8. The van der Waals surface area contributed by atoms with Crippen LogP contribution < -0.4 is 15.0 Å². The number of anilines is 1. The summed E-state index contributed by atoms with van der Waals surface area (Å²) in [5.41, 5.74) is 3.04. The molecule has 0 aliphatic carbocycles. The molecule has 9 nitrogen and oxygen atoms in total. The molecule has 3 aromatic rings. The standard InChI is InChI=1S/C22H23N7O2/c1-31-21-18(10-23)19-4-2-16(14-29(19)26-21)15-3-5-20(25-13-15)27-6-8-28(9-7-27)22(30)17-11-24-12-17/h2-5,13-14,17,24H,6-9,11-12H2,1H3. The molecule has 9 heteroatoms. The van der Waals surface area contributed by atoms with Gasteiger partial charge in [0.2, 0.25) is 5.91 Å². The first-order chi connectivity index (χ1) is 15.2. The maximum absolute atomic E-state index is 12.4. The number of nitriles is 1. The first-order valence-electron chi connectivity index (χ1n) is 10.4. The molecule has 1 N–H and O–H groups in total. The van der Waals surface area contributed by atoms with Crippen molar-refractivity contribution in [2.75, 3.05) is 51.3 Å². The third-order valence-electron chi connectivity index (χ3n) is 6.03. The van der Waals surface area contributed by atoms with E-state index in [-0.39, 0.29) is 11.8 Å². The third kappa shape index (κ3) is 3.45. The van der Waals surface area contributed by atoms with Gasteiger partial charge in [-0.1, -0.05) is 6.07 Å². The molecule has 0 atom stereocenters. The maximum atomic E-state index is 12.4. The van der Waals surface area contributed by atoms with Gasteiger partial charge in [0.15, 0.2) is 0 Å². The molecule has 0 saturated carbocycles. The Morgan fingerprint density at radius 3 is 2.55 bits per heavy atom. The fourth-order valence-corrected chi connectivity index (χ4v) is 4.07. The van der Waals surface area contributed by atoms with E-state index in [9.17, 15) is 10.1 Å². The van der Waals surface area contributed by atoms with Crippen LogP contribution in [-0.2, 0) is 4.79 Å². The molecule has 31 heavy (non-hydrogen) atoms. The number of nitrogens with one attached hydrogen (secondary N) is 1. The Balaban J connectivity index is 1.29. The van der Waals surface area contributed by atoms with Gasteiger partial charge in [-0.25, -0.2) is 9.50 Å². The molecule has 0 spiro atoms. The monoisotopic (exact) mass is 417 g/mol. The van der Waals surface area contributed by atoms with Crippen molar-refractivity contribution in [3.05, 3.63) is 42.2 Å². The van der Waals surface area contributed by atoms with Crippen LogP contribution in [0.2, 0.25) is 0 Å². The van der Waals surface area contributed by atoms with Gasteiger partial charge in [-0.2, -0.15) is 5.26 Å². The van der Waals surface area contributed by atoms with E-state index in [0.717, 1.165) is 56.2 Å². The zero-order valence-electron chi connectivity index (χ0n) is 17.3. The normalized spacial score (nSPS) is 16.8. The molecule has 5 rings (SSSR count). The average Bonchev–Trinajstić information content (AvgIpc) is 3.15. The Morgan fingerprint density at radius 1 is 1.16 bits per heavy atom. The number of rotatable bonds is 4. The van der Waals surface area contributed by atoms with Crippen LogP contribution in [0.5, 0.6) is 5.88 Å². The van der Waals surface area contributed by atoms with Crippen molar-refractivity contribution in [3.63, 3.8) is 0 Å². The zero-order valence-corrected chi connectivity index (χ0v) is 17.3. The van der Waals surface area contributed by atoms with E-state index in [2.05, 4.69) is 26.4 Å². The van der Waals surface area contributed by atoms with Crippen molar-refractivity contribution in [1.29, 1.82) is 5.26 Å². The summed E-state index contributed by atoms with van der Waals surface area (Å²) in [5.74, 6) is 1.65. The molecule has 2 fully saturated rings. The molecular formula is C22H23N7O2. The van der Waals surface area contributed by atoms with Gasteiger partial charge >= 0.3 is 0 Å². The quantitative estimate of drug-likeness (QED) is 0.680. The van der Waals surface area contributed by atoms with Crippen LogP contribution >= 0.6 is 0 Å². The predicted octanol–water partition coefficient (Wildman–Crippen LogP) is 1.14. The second kappa shape index (κ2) is 7.89. The Kier molecular flexibility index (Phi) is 4.92. The lowest BCUT2D eigenvalue weighted by Crippen LogP contribution is -2.56. The van der Waals surface area contributed by atoms with Gasteiger partial charge in [-0.15, -0.1) is 5.10 Å². The van der Waals surface area contributed by atoms with Crippen molar-refractivity contribution in [2.45, 2.75) is 0 Å². The third-order valence-corrected chi connectivity index (χ3v) is 6.03. The highest BCUT2D eigenvalue weighted by atomic mass is 16.5. The number of nitrogens with zero attached hydrogens (tertiary/aromatic N) is 6. The number of fused-ring (bicyclic) bond motifs is 1. The second-order valence-electron chi connectivity index (χ2n) is 7.82. The molecule has 158 valence electrons. The Labute approximate surface area is 179 Å². The van der Waals surface area contributed by atoms with Crippen LogP contribution in [-0.4, -0.2) is 71.8 Å². The van der Waals surface area contributed by atoms with Crippen molar-refractivity contribution in [3.8, 4) is 23.1 Å². The van der Waals surface area contributed by atoms with Crippen molar-refractivity contribution < 1.29 is 9.53 Å². The summed E-state index contributed by atoms with van der Waals surface area (Å²) in [7, 11) is 1.51. The number of piperazine rings is 1. The SMILES string of the molecule is COc1nn2cc(-c3ccc(N4CCN(C(=O)C5CNC5)CC4)nc3)ccc2c1C#N. The molecule has 2 aliphatic heterocycles. The number of amides is 1. The largest absolute Gasteiger partial charge is 0.479 e. The van der Waals surface area contributed by atoms with Gasteiger partial charge in [0.05, 0.1) is 18.5 Å². The first-order valence-corrected chi connectivity index (χ1v) is 10.4. The molecule has 5 heterocycles. The molecule has 2 aliphatic rings. The lowest BCUT2D eigenvalue weighted by molar-refractivity contribution is -0.137. The summed E-state index contributed by atoms with van der Waals surface area (Å²) in [6.45, 7) is 4.64. The summed E-state index contributed by atoms with van der Waals surface area (Å²) in [6, 6.07) is 10.0. The molecule has 0 bridgehead atoms. The first kappa shape index (κ1) is 19.3. The van der Waals surface area contributed by atoms with Crippen LogP contribution in [0, 0.1) is 17.2 Å². The summed E-state index contributed by atoms with van der Waals surface area (Å²) in [4.78, 5) is 21.2. The lowest BCUT2D eigenvalue weighted by Gasteiger charge is -2.38. The summed E-state index contributed by atoms with van der Waals surface area (Å²) < 4.78 is 6.86. The van der Waals surface area contributed by atoms with Gasteiger partial charge in [-0.3, -0.25) is 4.79 Å². The number of hydrogen-bond acceptors (Lipinski definition) is 7. The van der Waals surface area contributed by atoms with E-state index in [4.69, 9.17) is 4.74 Å². The average molecular weight is 417 g/mol. The van der Waals surface area contributed by atoms with Gasteiger partial charge in [-0.05, 0) is 18.2 Å². The molecule has 0 aromatic carbocycles. The molecule has 2 saturated heterocycles. The fraction of sp³-hybridized carbons (Fsp3) is 0.364. The fourth-order valence-electron chi connectivity index (χ4n) is 4.07. The number of carbonyl (C=O) groups is 1. The maximum Gasteiger partial charge on any atom is 0.251 e. The Hall–Kier alpha value is -3.64. The smallest absolute Gasteiger partial charge is 0.251 e. The Bertz CT molecular complexity index is 1150. The minimum absolute atomic E-state index is 0.153. The number of hydrogen-bond donors (Lipinski definition) is 1. The van der Waals surface area contributed by atoms with E-state index in [1.165, 1.54) is 7.11 Å². The highest BCUT2D eigenvalue weighted by molar-refractivity contribution is 5.80. The summed E-state index contributed by atoms with van der Waals surface area (Å²) >= 11 is 0. The van der Waals surface area contributed by atoms with E-state index in [0.29, 0.717) is 17.0 Å². The minimum Gasteiger partial charge on any atom is -0.479 e. The van der Waals surface area contributed by atoms with Gasteiger partial charge in [0.1, 0.15) is 17.5 Å². The second-order valence-corrected chi connectivity index (χ2v) is 7.82. The number of pyridine rings is 2. The topological polar surface area (TPSA) is 98.8 Å². The number of carbonyl (C=O) groups excluding carboxylic acids is 1. The highest BCUT2D eigenvalue weighted by Gasteiger charge is 2.31. The predicted molar refractivity (Wildman–Crippen MR) is 115 cm³/mol. The highest BCUT2D eigenvalue weighted by Crippen LogP contribution is 2.26. The number of methoxy groups -OCH3 is 1. The van der Waals surface area contributed by atoms with Crippen molar-refractivity contribution in [1.82, 2.24) is 24.8 Å². The van der Waals surface area contributed by atoms with Crippen LogP contribution in [0.4, 0.5) is 5.82 Å². The summed E-state index contributed by atoms with van der Waals surface area (Å²) in [6.07, 6.45) is 3.72. The number of aromatic nitrogens is 3. The van der Waals surface area contributed by atoms with Crippen LogP contribution in [0.1, 0.15) is 5.56 Å². The van der Waals surface area contributed by atoms with Crippen molar-refractivity contribution >= 4 is 17.2 Å². The van der Waals surface area contributed by atoms with Crippen LogP contribution in [0.3, 0.4) is 0 Å². The Morgan fingerprint density at radius 2 is 1.94 bits per heavy atom. The van der Waals surface area contributed by atoms with E-state index in [1.54, 1.807) is 4.52 Å². The number of ether oxygens (including phenoxy) is 1. The molecule has 0 radical (unpaired) electrons. The minimum atomic E-state index is 0.153. The van der Waals surface area contributed by atoms with Gasteiger partial charge < -0.3 is 19.9 Å². The van der Waals surface area contributed by atoms with Gasteiger partial charge in [0, 0.05) is 62.8 Å². The molecule has 0 unspecified atom stereocenters. The van der Waals surface area contributed by atoms with Gasteiger partial charge in [0.25, 0.3) is 5.88 Å².